The largest absolute Gasteiger partial charge is 0.493 e. The van der Waals surface area contributed by atoms with Gasteiger partial charge in [0, 0.05) is 25.0 Å². The Bertz CT molecular complexity index is 520. The van der Waals surface area contributed by atoms with Crippen molar-refractivity contribution < 1.29 is 23.0 Å². The Kier molecular flexibility index (Phi) is 6.58. The molecule has 2 rings (SSSR count). The summed E-state index contributed by atoms with van der Waals surface area (Å²) in [5, 5.41) is 4.61. The van der Waals surface area contributed by atoms with Crippen LogP contribution in [0.1, 0.15) is 18.4 Å². The van der Waals surface area contributed by atoms with E-state index in [-0.39, 0.29) is 0 Å². The number of hydrogen-bond donors (Lipinski definition) is 2. The molecule has 0 radical (unpaired) electrons. The molecule has 1 fully saturated rings. The molecule has 1 aliphatic heterocycles. The highest BCUT2D eigenvalue weighted by Gasteiger charge is 2.15. The highest BCUT2D eigenvalue weighted by molar-refractivity contribution is 5.89. The van der Waals surface area contributed by atoms with Gasteiger partial charge in [0.2, 0.25) is 0 Å². The normalized spacial score (nSPS) is 15.5. The topological polar surface area (TPSA) is 59.6 Å². The minimum atomic E-state index is -2.57. The maximum absolute atomic E-state index is 12.1. The number of hydrogen-bond acceptors (Lipinski definition) is 3. The number of urea groups is 1. The molecule has 5 nitrogen and oxygen atoms in total. The summed E-state index contributed by atoms with van der Waals surface area (Å²) in [5.74, 6) is 1.15. The van der Waals surface area contributed by atoms with Crippen LogP contribution in [0.25, 0.3) is 0 Å². The number of ether oxygens (including phenoxy) is 2. The quantitative estimate of drug-likeness (QED) is 0.843. The monoisotopic (exact) mass is 328 g/mol. The third kappa shape index (κ3) is 6.02. The van der Waals surface area contributed by atoms with E-state index in [1.807, 2.05) is 13.0 Å². The molecule has 2 amide bonds. The Morgan fingerprint density at radius 3 is 2.83 bits per heavy atom. The molecule has 2 N–H and O–H groups in total. The fraction of sp³-hybridized carbons (Fsp3) is 0.562. The van der Waals surface area contributed by atoms with Crippen molar-refractivity contribution in [3.8, 4) is 5.75 Å². The predicted octanol–water partition coefficient (Wildman–Crippen LogP) is 3.19. The average molecular weight is 328 g/mol. The van der Waals surface area contributed by atoms with Crippen molar-refractivity contribution in [1.82, 2.24) is 5.32 Å². The van der Waals surface area contributed by atoms with Gasteiger partial charge < -0.3 is 20.1 Å². The van der Waals surface area contributed by atoms with Crippen molar-refractivity contribution in [3.05, 3.63) is 23.8 Å². The number of amides is 2. The third-order valence-corrected chi connectivity index (χ3v) is 3.68. The van der Waals surface area contributed by atoms with Crippen molar-refractivity contribution in [2.75, 3.05) is 31.7 Å². The van der Waals surface area contributed by atoms with E-state index in [9.17, 15) is 13.6 Å². The third-order valence-electron chi connectivity index (χ3n) is 3.68. The fourth-order valence-corrected chi connectivity index (χ4v) is 2.30. The Balaban J connectivity index is 1.88. The van der Waals surface area contributed by atoms with Crippen LogP contribution >= 0.6 is 0 Å². The van der Waals surface area contributed by atoms with Crippen molar-refractivity contribution >= 4 is 11.7 Å². The van der Waals surface area contributed by atoms with Gasteiger partial charge in [0.05, 0.1) is 13.2 Å². The maximum Gasteiger partial charge on any atom is 0.319 e. The zero-order valence-corrected chi connectivity index (χ0v) is 13.1. The van der Waals surface area contributed by atoms with Crippen LogP contribution in [0.15, 0.2) is 18.2 Å². The number of rotatable bonds is 6. The molecule has 0 aromatic heterocycles. The van der Waals surface area contributed by atoms with Crippen LogP contribution in [0.4, 0.5) is 19.3 Å². The zero-order chi connectivity index (χ0) is 16.7. The summed E-state index contributed by atoms with van der Waals surface area (Å²) in [6.07, 6.45) is -0.614. The molecule has 0 saturated carbocycles. The van der Waals surface area contributed by atoms with Crippen molar-refractivity contribution in [3.63, 3.8) is 0 Å². The first-order valence-electron chi connectivity index (χ1n) is 7.69. The van der Waals surface area contributed by atoms with E-state index in [2.05, 4.69) is 10.6 Å². The lowest BCUT2D eigenvalue weighted by atomic mass is 10.0. The van der Waals surface area contributed by atoms with Gasteiger partial charge in [-0.3, -0.25) is 0 Å². The summed E-state index contributed by atoms with van der Waals surface area (Å²) < 4.78 is 35.3. The second-order valence-electron chi connectivity index (χ2n) is 5.57. The second-order valence-corrected chi connectivity index (χ2v) is 5.57. The first kappa shape index (κ1) is 17.5. The van der Waals surface area contributed by atoms with Crippen LogP contribution in [0, 0.1) is 12.8 Å². The van der Waals surface area contributed by atoms with E-state index in [1.165, 1.54) is 0 Å². The number of anilines is 1. The number of carbonyl (C=O) groups is 1. The molecule has 0 aliphatic carbocycles. The molecule has 0 unspecified atom stereocenters. The lowest BCUT2D eigenvalue weighted by Crippen LogP contribution is -2.32. The first-order chi connectivity index (χ1) is 11.0. The van der Waals surface area contributed by atoms with Crippen LogP contribution in [0.3, 0.4) is 0 Å². The number of nitrogens with one attached hydrogen (secondary N) is 2. The van der Waals surface area contributed by atoms with Gasteiger partial charge in [-0.15, -0.1) is 0 Å². The van der Waals surface area contributed by atoms with Crippen LogP contribution in [0.2, 0.25) is 0 Å². The van der Waals surface area contributed by atoms with Crippen molar-refractivity contribution in [2.24, 2.45) is 5.92 Å². The Morgan fingerprint density at radius 1 is 1.39 bits per heavy atom. The molecule has 1 saturated heterocycles. The lowest BCUT2D eigenvalue weighted by Gasteiger charge is -2.22. The summed E-state index contributed by atoms with van der Waals surface area (Å²) >= 11 is 0. The van der Waals surface area contributed by atoms with Crippen molar-refractivity contribution in [1.29, 1.82) is 0 Å². The number of aryl methyl sites for hydroxylation is 1. The highest BCUT2D eigenvalue weighted by Crippen LogP contribution is 2.24. The van der Waals surface area contributed by atoms with E-state index in [4.69, 9.17) is 9.47 Å². The molecule has 1 aromatic carbocycles. The van der Waals surface area contributed by atoms with E-state index in [0.717, 1.165) is 31.6 Å². The Hall–Kier alpha value is -1.89. The minimum Gasteiger partial charge on any atom is -0.493 e. The molecular weight excluding hydrogens is 306 g/mol. The molecule has 0 spiro atoms. The number of halogens is 2. The fourth-order valence-electron chi connectivity index (χ4n) is 2.30. The van der Waals surface area contributed by atoms with Gasteiger partial charge in [-0.1, -0.05) is 6.07 Å². The maximum atomic E-state index is 12.1. The van der Waals surface area contributed by atoms with Crippen LogP contribution in [-0.4, -0.2) is 38.8 Å². The summed E-state index contributed by atoms with van der Waals surface area (Å²) in [5.41, 5.74) is 1.46. The Labute approximate surface area is 134 Å². The molecule has 7 heteroatoms. The van der Waals surface area contributed by atoms with E-state index < -0.39 is 19.0 Å². The molecule has 128 valence electrons. The predicted molar refractivity (Wildman–Crippen MR) is 83.2 cm³/mol. The van der Waals surface area contributed by atoms with E-state index >= 15 is 0 Å². The molecule has 0 bridgehead atoms. The molecule has 1 heterocycles. The van der Waals surface area contributed by atoms with E-state index in [1.54, 1.807) is 12.1 Å². The number of benzene rings is 1. The number of alkyl halides is 2. The summed E-state index contributed by atoms with van der Waals surface area (Å²) in [4.78, 5) is 11.5. The smallest absolute Gasteiger partial charge is 0.319 e. The van der Waals surface area contributed by atoms with E-state index in [0.29, 0.717) is 24.0 Å². The molecular formula is C16H22F2N2O3. The van der Waals surface area contributed by atoms with Gasteiger partial charge in [0.15, 0.2) is 0 Å². The number of carbonyl (C=O) groups excluding carboxylic acids is 1. The van der Waals surface area contributed by atoms with Gasteiger partial charge in [-0.05, 0) is 37.3 Å². The van der Waals surface area contributed by atoms with Gasteiger partial charge in [0.25, 0.3) is 6.43 Å². The first-order valence-corrected chi connectivity index (χ1v) is 7.69. The molecule has 1 aliphatic rings. The highest BCUT2D eigenvalue weighted by atomic mass is 19.3. The van der Waals surface area contributed by atoms with Crippen LogP contribution < -0.4 is 15.4 Å². The van der Waals surface area contributed by atoms with Gasteiger partial charge in [-0.25, -0.2) is 13.6 Å². The van der Waals surface area contributed by atoms with Crippen LogP contribution in [-0.2, 0) is 4.74 Å². The molecule has 23 heavy (non-hydrogen) atoms. The molecule has 0 atom stereocenters. The lowest BCUT2D eigenvalue weighted by molar-refractivity contribution is 0.0496. The average Bonchev–Trinajstić information content (AvgIpc) is 2.54. The van der Waals surface area contributed by atoms with Gasteiger partial charge in [0.1, 0.15) is 5.75 Å². The Morgan fingerprint density at radius 2 is 2.13 bits per heavy atom. The SMILES string of the molecule is Cc1ccc(NC(=O)NCC(F)F)cc1OCC1CCOCC1. The molecule has 1 aromatic rings. The summed E-state index contributed by atoms with van der Waals surface area (Å²) in [7, 11) is 0. The second kappa shape index (κ2) is 8.67. The van der Waals surface area contributed by atoms with Crippen LogP contribution in [0.5, 0.6) is 5.75 Å². The van der Waals surface area contributed by atoms with Gasteiger partial charge in [-0.2, -0.15) is 0 Å². The summed E-state index contributed by atoms with van der Waals surface area (Å²) in [6, 6.07) is 4.57. The minimum absolute atomic E-state index is 0.467. The zero-order valence-electron chi connectivity index (χ0n) is 13.1. The summed E-state index contributed by atoms with van der Waals surface area (Å²) in [6.45, 7) is 3.37. The standard InChI is InChI=1S/C16H22F2N2O3/c1-11-2-3-13(20-16(21)19-9-15(17)18)8-14(11)23-10-12-4-6-22-7-5-12/h2-3,8,12,15H,4-7,9-10H2,1H3,(H2,19,20,21). The van der Waals surface area contributed by atoms with Gasteiger partial charge >= 0.3 is 6.03 Å². The van der Waals surface area contributed by atoms with Crippen molar-refractivity contribution in [2.45, 2.75) is 26.2 Å².